The molecule has 0 aliphatic rings. The predicted molar refractivity (Wildman–Crippen MR) is 243 cm³/mol. The first kappa shape index (κ1) is 26.1. The summed E-state index contributed by atoms with van der Waals surface area (Å²) in [6.45, 7) is 0. The molecule has 4 nitrogen and oxygen atoms in total. The molecule has 0 aliphatic carbocycles. The standard InChI is InChI=1S/C55H35N3O/c1-4-14-36(15-5-1)38-26-30-41(31-27-38)44-22-12-23-48-51-49(24-13-25-50(51)59-52(44)48)55-57-53(42-32-28-39(29-33-42)37-16-6-2-7-17-37)56-54(58-55)47-35-34-43(40-18-8-3-9-19-40)45-20-10-11-21-46(45)47/h1-35H/i2D,6D,7D,16D,17D,28D,29D,32D,33D. The normalized spacial score (nSPS) is 13.5. The number of fused-ring (bicyclic) bond motifs is 4. The highest BCUT2D eigenvalue weighted by Crippen LogP contribution is 2.42. The molecule has 0 N–H and O–H groups in total. The molecule has 11 rings (SSSR count). The van der Waals surface area contributed by atoms with Crippen molar-refractivity contribution in [2.75, 3.05) is 0 Å². The summed E-state index contributed by atoms with van der Waals surface area (Å²) in [6.07, 6.45) is 0. The number of furan rings is 1. The molecular formula is C55H35N3O. The van der Waals surface area contributed by atoms with Crippen LogP contribution in [0.5, 0.6) is 0 Å². The largest absolute Gasteiger partial charge is 0.455 e. The van der Waals surface area contributed by atoms with E-state index >= 15 is 0 Å². The minimum Gasteiger partial charge on any atom is -0.455 e. The van der Waals surface area contributed by atoms with Gasteiger partial charge in [0, 0.05) is 33.0 Å². The molecule has 59 heavy (non-hydrogen) atoms. The lowest BCUT2D eigenvalue weighted by atomic mass is 9.94. The molecule has 11 aromatic rings. The van der Waals surface area contributed by atoms with Gasteiger partial charge in [-0.05, 0) is 61.8 Å². The SMILES string of the molecule is [2H]c1c([2H])c([2H])c(-c2c([2H])c([2H])c(-c3nc(-c4ccc(-c5ccccc5)c5ccccc45)nc(-c4cccc5oc6c(-c7ccc(-c8ccccc8)cc7)cccc6c45)n3)c([2H])c2[2H])c([2H])c1[2H]. The van der Waals surface area contributed by atoms with Crippen LogP contribution in [0.3, 0.4) is 0 Å². The minimum absolute atomic E-state index is 0.158. The van der Waals surface area contributed by atoms with Crippen LogP contribution >= 0.6 is 0 Å². The van der Waals surface area contributed by atoms with Crippen molar-refractivity contribution >= 4 is 32.7 Å². The molecule has 0 bridgehead atoms. The molecule has 276 valence electrons. The number of para-hydroxylation sites is 1. The van der Waals surface area contributed by atoms with Crippen LogP contribution in [0, 0.1) is 0 Å². The Labute approximate surface area is 354 Å². The van der Waals surface area contributed by atoms with E-state index < -0.39 is 65.5 Å². The lowest BCUT2D eigenvalue weighted by Gasteiger charge is -2.13. The molecule has 0 unspecified atom stereocenters. The summed E-state index contributed by atoms with van der Waals surface area (Å²) in [5, 5.41) is 3.27. The van der Waals surface area contributed by atoms with Crippen LogP contribution in [0.1, 0.15) is 12.3 Å². The van der Waals surface area contributed by atoms with Crippen molar-refractivity contribution in [1.82, 2.24) is 15.0 Å². The zero-order valence-electron chi connectivity index (χ0n) is 40.3. The molecule has 9 aromatic carbocycles. The third-order valence-corrected chi connectivity index (χ3v) is 10.6. The molecule has 0 amide bonds. The Hall–Kier alpha value is -7.95. The third-order valence-electron chi connectivity index (χ3n) is 10.6. The summed E-state index contributed by atoms with van der Waals surface area (Å²) in [4.78, 5) is 15.0. The fourth-order valence-corrected chi connectivity index (χ4v) is 7.75. The van der Waals surface area contributed by atoms with Gasteiger partial charge in [0.05, 0.1) is 12.3 Å². The van der Waals surface area contributed by atoms with Crippen molar-refractivity contribution in [2.24, 2.45) is 0 Å². The lowest BCUT2D eigenvalue weighted by Crippen LogP contribution is -2.01. The van der Waals surface area contributed by atoms with E-state index in [9.17, 15) is 5.48 Å². The van der Waals surface area contributed by atoms with E-state index in [2.05, 4.69) is 36.4 Å². The minimum atomic E-state index is -0.659. The highest BCUT2D eigenvalue weighted by Gasteiger charge is 2.21. The van der Waals surface area contributed by atoms with Gasteiger partial charge in [0.2, 0.25) is 0 Å². The average molecular weight is 763 g/mol. The Morgan fingerprint density at radius 3 is 1.58 bits per heavy atom. The van der Waals surface area contributed by atoms with E-state index in [-0.39, 0.29) is 23.0 Å². The van der Waals surface area contributed by atoms with Gasteiger partial charge in [-0.2, -0.15) is 0 Å². The maximum Gasteiger partial charge on any atom is 0.164 e. The highest BCUT2D eigenvalue weighted by molar-refractivity contribution is 6.15. The fraction of sp³-hybridized carbons (Fsp3) is 0. The first-order chi connectivity index (χ1) is 33.0. The highest BCUT2D eigenvalue weighted by atomic mass is 16.3. The van der Waals surface area contributed by atoms with E-state index in [1.165, 1.54) is 0 Å². The molecule has 0 saturated carbocycles. The van der Waals surface area contributed by atoms with Crippen LogP contribution in [0.15, 0.2) is 217 Å². The van der Waals surface area contributed by atoms with Crippen molar-refractivity contribution in [3.05, 3.63) is 212 Å². The number of nitrogens with zero attached hydrogens (tertiary/aromatic N) is 3. The lowest BCUT2D eigenvalue weighted by molar-refractivity contribution is 0.670. The predicted octanol–water partition coefficient (Wildman–Crippen LogP) is 14.6. The number of benzene rings is 9. The zero-order valence-corrected chi connectivity index (χ0v) is 31.3. The quantitative estimate of drug-likeness (QED) is 0.162. The van der Waals surface area contributed by atoms with Gasteiger partial charge in [-0.15, -0.1) is 0 Å². The fourth-order valence-electron chi connectivity index (χ4n) is 7.75. The van der Waals surface area contributed by atoms with E-state index in [1.807, 2.05) is 121 Å². The molecule has 0 spiro atoms. The molecule has 0 fully saturated rings. The third kappa shape index (κ3) is 6.24. The van der Waals surface area contributed by atoms with Gasteiger partial charge in [-0.1, -0.05) is 200 Å². The zero-order chi connectivity index (χ0) is 47.0. The van der Waals surface area contributed by atoms with Gasteiger partial charge in [-0.3, -0.25) is 0 Å². The van der Waals surface area contributed by atoms with Crippen LogP contribution in [-0.4, -0.2) is 15.0 Å². The second-order valence-electron chi connectivity index (χ2n) is 14.0. The van der Waals surface area contributed by atoms with Gasteiger partial charge in [-0.25, -0.2) is 15.0 Å². The Balaban J connectivity index is 1.15. The van der Waals surface area contributed by atoms with Gasteiger partial charge in [0.25, 0.3) is 0 Å². The van der Waals surface area contributed by atoms with Gasteiger partial charge in [0.1, 0.15) is 11.2 Å². The van der Waals surface area contributed by atoms with Gasteiger partial charge >= 0.3 is 0 Å². The van der Waals surface area contributed by atoms with E-state index in [4.69, 9.17) is 26.2 Å². The van der Waals surface area contributed by atoms with Crippen LogP contribution < -0.4 is 0 Å². The monoisotopic (exact) mass is 762 g/mol. The molecule has 4 heteroatoms. The Morgan fingerprint density at radius 2 is 0.831 bits per heavy atom. The van der Waals surface area contributed by atoms with Crippen molar-refractivity contribution in [3.63, 3.8) is 0 Å². The van der Waals surface area contributed by atoms with Crippen LogP contribution in [0.25, 0.3) is 111 Å². The maximum absolute atomic E-state index is 9.38. The smallest absolute Gasteiger partial charge is 0.164 e. The molecule has 0 atom stereocenters. The first-order valence-electron chi connectivity index (χ1n) is 23.6. The van der Waals surface area contributed by atoms with Crippen LogP contribution in [0.2, 0.25) is 0 Å². The van der Waals surface area contributed by atoms with Crippen molar-refractivity contribution in [3.8, 4) is 78.7 Å². The second kappa shape index (κ2) is 14.5. The van der Waals surface area contributed by atoms with Crippen molar-refractivity contribution in [2.45, 2.75) is 0 Å². The average Bonchev–Trinajstić information content (AvgIpc) is 3.77. The number of aromatic nitrogens is 3. The van der Waals surface area contributed by atoms with Crippen LogP contribution in [0.4, 0.5) is 0 Å². The topological polar surface area (TPSA) is 51.8 Å². The molecular weight excluding hydrogens is 719 g/mol. The molecule has 0 aliphatic heterocycles. The van der Waals surface area contributed by atoms with Gasteiger partial charge in [0.15, 0.2) is 17.5 Å². The van der Waals surface area contributed by atoms with Crippen molar-refractivity contribution in [1.29, 1.82) is 0 Å². The maximum atomic E-state index is 9.38. The molecule has 0 radical (unpaired) electrons. The second-order valence-corrected chi connectivity index (χ2v) is 14.0. The Morgan fingerprint density at radius 1 is 0.322 bits per heavy atom. The summed E-state index contributed by atoms with van der Waals surface area (Å²) in [6, 6.07) is 46.2. The van der Waals surface area contributed by atoms with Gasteiger partial charge < -0.3 is 4.42 Å². The first-order valence-corrected chi connectivity index (χ1v) is 19.1. The summed E-state index contributed by atoms with van der Waals surface area (Å²) >= 11 is 0. The van der Waals surface area contributed by atoms with E-state index in [0.29, 0.717) is 27.7 Å². The summed E-state index contributed by atoms with van der Waals surface area (Å²) in [7, 11) is 0. The molecule has 2 aromatic heterocycles. The number of hydrogen-bond acceptors (Lipinski definition) is 4. The van der Waals surface area contributed by atoms with Crippen LogP contribution in [-0.2, 0) is 0 Å². The van der Waals surface area contributed by atoms with Crippen molar-refractivity contribution < 1.29 is 16.8 Å². The Bertz CT molecular complexity index is 3780. The Kier molecular flexibility index (Phi) is 6.42. The summed E-state index contributed by atoms with van der Waals surface area (Å²) < 4.78 is 85.7. The number of hydrogen-bond donors (Lipinski definition) is 0. The summed E-state index contributed by atoms with van der Waals surface area (Å²) in [5.41, 5.74) is 7.34. The number of rotatable bonds is 7. The molecule has 2 heterocycles. The van der Waals surface area contributed by atoms with E-state index in [1.54, 1.807) is 0 Å². The molecule has 0 saturated heterocycles. The van der Waals surface area contributed by atoms with E-state index in [0.717, 1.165) is 49.5 Å². The summed E-state index contributed by atoms with van der Waals surface area (Å²) in [5.74, 6) is 0.227.